The molecule has 0 radical (unpaired) electrons. The van der Waals surface area contributed by atoms with Gasteiger partial charge in [0, 0.05) is 35.7 Å². The Labute approximate surface area is 223 Å². The average Bonchev–Trinajstić information content (AvgIpc) is 3.24. The first kappa shape index (κ1) is 24.7. The van der Waals surface area contributed by atoms with E-state index in [1.807, 2.05) is 24.3 Å². The molecule has 0 saturated heterocycles. The molecule has 0 spiro atoms. The molecule has 1 atom stereocenters. The summed E-state index contributed by atoms with van der Waals surface area (Å²) in [5, 5.41) is 14.4. The van der Waals surface area contributed by atoms with E-state index in [1.54, 1.807) is 49.5 Å². The first-order valence-electron chi connectivity index (χ1n) is 10.8. The number of nitrogens with zero attached hydrogens (tertiary/aromatic N) is 2. The second-order valence-electron chi connectivity index (χ2n) is 8.24. The van der Waals surface area contributed by atoms with Gasteiger partial charge in [0.25, 0.3) is 11.8 Å². The number of aromatic amines is 1. The van der Waals surface area contributed by atoms with Crippen molar-refractivity contribution < 1.29 is 49.0 Å². The topological polar surface area (TPSA) is 118 Å². The van der Waals surface area contributed by atoms with E-state index < -0.39 is 11.9 Å². The summed E-state index contributed by atoms with van der Waals surface area (Å²) < 4.78 is 0. The summed E-state index contributed by atoms with van der Waals surface area (Å²) in [5.41, 5.74) is 4.26. The van der Waals surface area contributed by atoms with Crippen LogP contribution in [0.15, 0.2) is 66.7 Å². The summed E-state index contributed by atoms with van der Waals surface area (Å²) in [7, 11) is 1.62. The number of hydrogen-bond donors (Lipinski definition) is 2. The van der Waals surface area contributed by atoms with Gasteiger partial charge in [-0.15, -0.1) is 0 Å². The first-order valence-corrected chi connectivity index (χ1v) is 10.8. The molecule has 9 heteroatoms. The number of carbonyl (C=O) groups excluding carboxylic acids is 3. The fourth-order valence-electron chi connectivity index (χ4n) is 4.47. The van der Waals surface area contributed by atoms with Crippen molar-refractivity contribution in [1.29, 1.82) is 0 Å². The number of benzene rings is 3. The molecular formula is C26H21N4NaO4. The van der Waals surface area contributed by atoms with Crippen molar-refractivity contribution in [3.8, 4) is 0 Å². The molecule has 3 aromatic carbocycles. The minimum Gasteiger partial charge on any atom is -0.550 e. The van der Waals surface area contributed by atoms with E-state index in [2.05, 4.69) is 15.3 Å². The molecule has 2 N–H and O–H groups in total. The van der Waals surface area contributed by atoms with Gasteiger partial charge in [0.2, 0.25) is 0 Å². The minimum absolute atomic E-state index is 0. The second kappa shape index (κ2) is 10.0. The Morgan fingerprint density at radius 3 is 2.57 bits per heavy atom. The summed E-state index contributed by atoms with van der Waals surface area (Å²) in [6.07, 6.45) is -0.275. The number of rotatable bonds is 5. The molecule has 170 valence electrons. The van der Waals surface area contributed by atoms with Gasteiger partial charge in [-0.05, 0) is 47.9 Å². The minimum atomic E-state index is -1.21. The summed E-state index contributed by atoms with van der Waals surface area (Å²) in [6.45, 7) is 0.206. The number of nitrogens with one attached hydrogen (secondary N) is 2. The van der Waals surface area contributed by atoms with Crippen LogP contribution in [0.25, 0.3) is 11.0 Å². The third kappa shape index (κ3) is 4.73. The van der Waals surface area contributed by atoms with Crippen molar-refractivity contribution in [1.82, 2.24) is 15.3 Å². The van der Waals surface area contributed by atoms with Gasteiger partial charge in [-0.3, -0.25) is 9.59 Å². The van der Waals surface area contributed by atoms with Crippen LogP contribution in [0.1, 0.15) is 50.0 Å². The van der Waals surface area contributed by atoms with Crippen molar-refractivity contribution in [3.05, 3.63) is 94.8 Å². The fraction of sp³-hybridized carbons (Fsp3) is 0.154. The number of aromatic nitrogens is 2. The van der Waals surface area contributed by atoms with Crippen molar-refractivity contribution in [2.75, 3.05) is 11.9 Å². The molecule has 0 fully saturated rings. The molecule has 0 bridgehead atoms. The van der Waals surface area contributed by atoms with Gasteiger partial charge in [-0.1, -0.05) is 36.4 Å². The molecule has 0 saturated carbocycles. The number of aliphatic carboxylic acids is 1. The molecule has 4 aromatic rings. The zero-order valence-corrected chi connectivity index (χ0v) is 21.4. The SMILES string of the molecule is CN1C(=O)c2ccccc2C(CC(=O)[O-])c2ccc(C(=O)NCc3nc4ccccc4[nH]3)cc21.[Na+]. The molecule has 1 aromatic heterocycles. The van der Waals surface area contributed by atoms with Crippen LogP contribution in [0.2, 0.25) is 0 Å². The number of imidazole rings is 1. The van der Waals surface area contributed by atoms with E-state index >= 15 is 0 Å². The molecule has 2 amide bonds. The van der Waals surface area contributed by atoms with E-state index in [4.69, 9.17) is 0 Å². The van der Waals surface area contributed by atoms with Crippen LogP contribution >= 0.6 is 0 Å². The number of H-pyrrole nitrogens is 1. The van der Waals surface area contributed by atoms with Crippen LogP contribution in [0.5, 0.6) is 0 Å². The molecule has 0 aliphatic carbocycles. The van der Waals surface area contributed by atoms with Crippen molar-refractivity contribution in [2.45, 2.75) is 18.9 Å². The molecule has 1 unspecified atom stereocenters. The predicted octanol–water partition coefficient (Wildman–Crippen LogP) is -0.641. The van der Waals surface area contributed by atoms with Crippen LogP contribution in [-0.2, 0) is 11.3 Å². The van der Waals surface area contributed by atoms with E-state index in [0.717, 1.165) is 11.0 Å². The zero-order chi connectivity index (χ0) is 23.8. The predicted molar refractivity (Wildman–Crippen MR) is 124 cm³/mol. The van der Waals surface area contributed by atoms with Crippen molar-refractivity contribution >= 4 is 34.5 Å². The van der Waals surface area contributed by atoms with Crippen LogP contribution in [0, 0.1) is 0 Å². The Hall–Kier alpha value is -3.46. The zero-order valence-electron chi connectivity index (χ0n) is 19.4. The summed E-state index contributed by atoms with van der Waals surface area (Å²) in [4.78, 5) is 46.7. The summed E-state index contributed by atoms with van der Waals surface area (Å²) in [6, 6.07) is 19.5. The molecular weight excluding hydrogens is 455 g/mol. The number of para-hydroxylation sites is 2. The van der Waals surface area contributed by atoms with Gasteiger partial charge >= 0.3 is 29.6 Å². The molecule has 8 nitrogen and oxygen atoms in total. The van der Waals surface area contributed by atoms with Crippen LogP contribution in [0.3, 0.4) is 0 Å². The Kier molecular flexibility index (Phi) is 7.07. The molecule has 1 aliphatic heterocycles. The quantitative estimate of drug-likeness (QED) is 0.372. The van der Waals surface area contributed by atoms with Gasteiger partial charge in [0.15, 0.2) is 0 Å². The first-order chi connectivity index (χ1) is 16.4. The normalized spacial score (nSPS) is 14.5. The monoisotopic (exact) mass is 476 g/mol. The molecule has 35 heavy (non-hydrogen) atoms. The Morgan fingerprint density at radius 1 is 1.06 bits per heavy atom. The maximum atomic E-state index is 13.2. The third-order valence-corrected chi connectivity index (χ3v) is 6.13. The standard InChI is InChI=1S/C26H22N4O4.Na/c1-30-22-12-15(25(33)27-14-23-28-20-8-4-5-9-21(20)29-23)10-11-17(22)19(13-24(31)32)16-6-2-3-7-18(16)26(30)34;/h2-12,19H,13-14H2,1H3,(H,27,33)(H,28,29)(H,31,32);/q;+1/p-1. The van der Waals surface area contributed by atoms with Crippen LogP contribution < -0.4 is 44.9 Å². The Morgan fingerprint density at radius 2 is 1.80 bits per heavy atom. The van der Waals surface area contributed by atoms with Crippen LogP contribution in [-0.4, -0.2) is 34.8 Å². The van der Waals surface area contributed by atoms with Gasteiger partial charge in [-0.2, -0.15) is 0 Å². The number of hydrogen-bond acceptors (Lipinski definition) is 5. The maximum absolute atomic E-state index is 13.2. The molecule has 1 aliphatic rings. The molecule has 2 heterocycles. The van der Waals surface area contributed by atoms with E-state index in [0.29, 0.717) is 33.8 Å². The maximum Gasteiger partial charge on any atom is 1.00 e. The smallest absolute Gasteiger partial charge is 0.550 e. The number of anilines is 1. The van der Waals surface area contributed by atoms with Crippen molar-refractivity contribution in [3.63, 3.8) is 0 Å². The fourth-order valence-corrected chi connectivity index (χ4v) is 4.47. The van der Waals surface area contributed by atoms with E-state index in [-0.39, 0.29) is 54.3 Å². The average molecular weight is 476 g/mol. The largest absolute Gasteiger partial charge is 1.00 e. The van der Waals surface area contributed by atoms with Gasteiger partial charge < -0.3 is 25.1 Å². The summed E-state index contributed by atoms with van der Waals surface area (Å²) >= 11 is 0. The van der Waals surface area contributed by atoms with E-state index in [9.17, 15) is 19.5 Å². The van der Waals surface area contributed by atoms with Gasteiger partial charge in [0.05, 0.1) is 17.6 Å². The number of fused-ring (bicyclic) bond motifs is 3. The van der Waals surface area contributed by atoms with Crippen molar-refractivity contribution in [2.24, 2.45) is 0 Å². The van der Waals surface area contributed by atoms with Crippen LogP contribution in [0.4, 0.5) is 5.69 Å². The van der Waals surface area contributed by atoms with Gasteiger partial charge in [-0.25, -0.2) is 4.98 Å². The third-order valence-electron chi connectivity index (χ3n) is 6.13. The van der Waals surface area contributed by atoms with Gasteiger partial charge in [0.1, 0.15) is 5.82 Å². The number of carboxylic acid groups (broad SMARTS) is 1. The summed E-state index contributed by atoms with van der Waals surface area (Å²) in [5.74, 6) is -1.76. The molecule has 5 rings (SSSR count). The Bertz CT molecular complexity index is 1420. The Balaban J connectivity index is 0.00000289. The second-order valence-corrected chi connectivity index (χ2v) is 8.24. The number of carbonyl (C=O) groups is 3. The number of amides is 2. The number of carboxylic acids is 1. The van der Waals surface area contributed by atoms with E-state index in [1.165, 1.54) is 4.90 Å².